The number of furan rings is 1. The highest BCUT2D eigenvalue weighted by Crippen LogP contribution is 2.37. The van der Waals surface area contributed by atoms with E-state index in [1.807, 2.05) is 37.3 Å². The zero-order chi connectivity index (χ0) is 16.7. The molecule has 0 radical (unpaired) electrons. The van der Waals surface area contributed by atoms with Crippen molar-refractivity contribution in [1.29, 1.82) is 0 Å². The summed E-state index contributed by atoms with van der Waals surface area (Å²) in [6.07, 6.45) is 0.549. The highest BCUT2D eigenvalue weighted by atomic mass is 19.1. The third kappa shape index (κ3) is 2.31. The Bertz CT molecular complexity index is 1030. The molecule has 1 aromatic heterocycles. The van der Waals surface area contributed by atoms with E-state index >= 15 is 0 Å². The lowest BCUT2D eigenvalue weighted by molar-refractivity contribution is 0.405. The van der Waals surface area contributed by atoms with Crippen molar-refractivity contribution in [3.8, 4) is 11.5 Å². The predicted molar refractivity (Wildman–Crippen MR) is 89.5 cm³/mol. The van der Waals surface area contributed by atoms with Gasteiger partial charge in [-0.3, -0.25) is 0 Å². The molecule has 0 unspecified atom stereocenters. The molecule has 120 valence electrons. The monoisotopic (exact) mass is 324 g/mol. The Kier molecular flexibility index (Phi) is 3.45. The van der Waals surface area contributed by atoms with E-state index in [9.17, 15) is 8.78 Å². The molecule has 1 heterocycles. The molecule has 0 saturated heterocycles. The van der Waals surface area contributed by atoms with E-state index < -0.39 is 17.4 Å². The molecule has 24 heavy (non-hydrogen) atoms. The van der Waals surface area contributed by atoms with Gasteiger partial charge in [0.05, 0.1) is 0 Å². The highest BCUT2D eigenvalue weighted by molar-refractivity contribution is 6.06. The molecule has 0 fully saturated rings. The van der Waals surface area contributed by atoms with Crippen LogP contribution in [0.3, 0.4) is 0 Å². The maximum absolute atomic E-state index is 14.2. The van der Waals surface area contributed by atoms with E-state index in [2.05, 4.69) is 0 Å². The van der Waals surface area contributed by atoms with Crippen molar-refractivity contribution in [2.75, 3.05) is 0 Å². The molecule has 0 spiro atoms. The van der Waals surface area contributed by atoms with E-state index in [4.69, 9.17) is 9.15 Å². The van der Waals surface area contributed by atoms with Gasteiger partial charge in [0, 0.05) is 10.8 Å². The van der Waals surface area contributed by atoms with Gasteiger partial charge in [-0.15, -0.1) is 0 Å². The lowest BCUT2D eigenvalue weighted by Crippen LogP contribution is -1.95. The van der Waals surface area contributed by atoms with Crippen molar-refractivity contribution in [1.82, 2.24) is 0 Å². The number of hydrogen-bond acceptors (Lipinski definition) is 2. The standard InChI is InChI=1S/C20H14F2O2/c1-2-12-10-15(21)20(16(22)11-12)24-18-9-5-7-14-13-6-3-4-8-17(13)23-19(14)18/h3-11H,2H2,1H3. The zero-order valence-corrected chi connectivity index (χ0v) is 13.0. The number of aryl methyl sites for hydroxylation is 1. The second-order valence-corrected chi connectivity index (χ2v) is 5.58. The summed E-state index contributed by atoms with van der Waals surface area (Å²) in [5, 5.41) is 1.77. The molecule has 4 heteroatoms. The van der Waals surface area contributed by atoms with Crippen molar-refractivity contribution < 1.29 is 17.9 Å². The summed E-state index contributed by atoms with van der Waals surface area (Å²) in [7, 11) is 0. The van der Waals surface area contributed by atoms with Crippen LogP contribution >= 0.6 is 0 Å². The van der Waals surface area contributed by atoms with E-state index in [0.717, 1.165) is 10.8 Å². The first-order chi connectivity index (χ1) is 11.7. The van der Waals surface area contributed by atoms with Crippen molar-refractivity contribution in [3.63, 3.8) is 0 Å². The first-order valence-electron chi connectivity index (χ1n) is 7.73. The van der Waals surface area contributed by atoms with Crippen molar-refractivity contribution >= 4 is 21.9 Å². The molecule has 3 aromatic carbocycles. The second-order valence-electron chi connectivity index (χ2n) is 5.58. The van der Waals surface area contributed by atoms with Crippen LogP contribution in [0.1, 0.15) is 12.5 Å². The average Bonchev–Trinajstić information content (AvgIpc) is 2.97. The van der Waals surface area contributed by atoms with Crippen molar-refractivity contribution in [2.24, 2.45) is 0 Å². The van der Waals surface area contributed by atoms with Crippen LogP contribution in [0.15, 0.2) is 59.0 Å². The minimum Gasteiger partial charge on any atom is -0.452 e. The summed E-state index contributed by atoms with van der Waals surface area (Å²) in [6.45, 7) is 1.84. The summed E-state index contributed by atoms with van der Waals surface area (Å²) < 4.78 is 39.7. The summed E-state index contributed by atoms with van der Waals surface area (Å²) in [5.74, 6) is -1.58. The van der Waals surface area contributed by atoms with Crippen LogP contribution in [-0.2, 0) is 6.42 Å². The van der Waals surface area contributed by atoms with Gasteiger partial charge in [-0.05, 0) is 36.2 Å². The summed E-state index contributed by atoms with van der Waals surface area (Å²) >= 11 is 0. The van der Waals surface area contributed by atoms with Gasteiger partial charge in [0.1, 0.15) is 5.58 Å². The average molecular weight is 324 g/mol. The largest absolute Gasteiger partial charge is 0.452 e. The Morgan fingerprint density at radius 2 is 1.62 bits per heavy atom. The maximum Gasteiger partial charge on any atom is 0.198 e. The first kappa shape index (κ1) is 14.7. The van der Waals surface area contributed by atoms with Gasteiger partial charge in [0.2, 0.25) is 0 Å². The molecule has 0 N–H and O–H groups in total. The van der Waals surface area contributed by atoms with Gasteiger partial charge in [-0.1, -0.05) is 37.3 Å². The van der Waals surface area contributed by atoms with Crippen LogP contribution in [0, 0.1) is 11.6 Å². The van der Waals surface area contributed by atoms with Crippen LogP contribution in [-0.4, -0.2) is 0 Å². The topological polar surface area (TPSA) is 22.4 Å². The molecular weight excluding hydrogens is 310 g/mol. The molecule has 0 atom stereocenters. The molecule has 0 aliphatic rings. The first-order valence-corrected chi connectivity index (χ1v) is 7.73. The van der Waals surface area contributed by atoms with E-state index in [0.29, 0.717) is 23.2 Å². The molecular formula is C20H14F2O2. The second kappa shape index (κ2) is 5.64. The van der Waals surface area contributed by atoms with Crippen LogP contribution in [0.2, 0.25) is 0 Å². The Morgan fingerprint density at radius 3 is 2.38 bits per heavy atom. The van der Waals surface area contributed by atoms with Gasteiger partial charge in [0.15, 0.2) is 28.7 Å². The minimum absolute atomic E-state index is 0.283. The zero-order valence-electron chi connectivity index (χ0n) is 13.0. The SMILES string of the molecule is CCc1cc(F)c(Oc2cccc3c2oc2ccccc23)c(F)c1. The number of halogens is 2. The number of rotatable bonds is 3. The quantitative estimate of drug-likeness (QED) is 0.446. The molecule has 0 saturated carbocycles. The molecule has 2 nitrogen and oxygen atoms in total. The number of hydrogen-bond donors (Lipinski definition) is 0. The summed E-state index contributed by atoms with van der Waals surface area (Å²) in [4.78, 5) is 0. The lowest BCUT2D eigenvalue weighted by Gasteiger charge is -2.09. The van der Waals surface area contributed by atoms with Crippen molar-refractivity contribution in [2.45, 2.75) is 13.3 Å². The Morgan fingerprint density at radius 1 is 0.917 bits per heavy atom. The minimum atomic E-state index is -0.722. The fourth-order valence-corrected chi connectivity index (χ4v) is 2.83. The Balaban J connectivity index is 1.86. The summed E-state index contributed by atoms with van der Waals surface area (Å²) in [6, 6.07) is 15.4. The Hall–Kier alpha value is -2.88. The van der Waals surface area contributed by atoms with Gasteiger partial charge in [-0.25, -0.2) is 8.78 Å². The number of ether oxygens (including phenoxy) is 1. The number of fused-ring (bicyclic) bond motifs is 3. The fraction of sp³-hybridized carbons (Fsp3) is 0.100. The van der Waals surface area contributed by atoms with Crippen LogP contribution < -0.4 is 4.74 Å². The lowest BCUT2D eigenvalue weighted by atomic mass is 10.1. The third-order valence-electron chi connectivity index (χ3n) is 4.05. The van der Waals surface area contributed by atoms with Crippen molar-refractivity contribution in [3.05, 3.63) is 71.8 Å². The van der Waals surface area contributed by atoms with Gasteiger partial charge >= 0.3 is 0 Å². The van der Waals surface area contributed by atoms with Gasteiger partial charge in [-0.2, -0.15) is 0 Å². The third-order valence-corrected chi connectivity index (χ3v) is 4.05. The van der Waals surface area contributed by atoms with Crippen LogP contribution in [0.25, 0.3) is 21.9 Å². The van der Waals surface area contributed by atoms with E-state index in [-0.39, 0.29) is 5.75 Å². The molecule has 4 aromatic rings. The molecule has 0 amide bonds. The van der Waals surface area contributed by atoms with Gasteiger partial charge in [0.25, 0.3) is 0 Å². The number of benzene rings is 3. The van der Waals surface area contributed by atoms with Gasteiger partial charge < -0.3 is 9.15 Å². The summed E-state index contributed by atoms with van der Waals surface area (Å²) in [5.41, 5.74) is 1.75. The Labute approximate surface area is 137 Å². The maximum atomic E-state index is 14.2. The molecule has 4 rings (SSSR count). The van der Waals surface area contributed by atoms with Crippen LogP contribution in [0.5, 0.6) is 11.5 Å². The van der Waals surface area contributed by atoms with Crippen LogP contribution in [0.4, 0.5) is 8.78 Å². The molecule has 0 bridgehead atoms. The van der Waals surface area contributed by atoms with E-state index in [1.54, 1.807) is 12.1 Å². The molecule has 0 aliphatic heterocycles. The normalized spacial score (nSPS) is 11.3. The predicted octanol–water partition coefficient (Wildman–Crippen LogP) is 6.22. The molecule has 0 aliphatic carbocycles. The number of para-hydroxylation sites is 2. The smallest absolute Gasteiger partial charge is 0.198 e. The fourth-order valence-electron chi connectivity index (χ4n) is 2.83. The van der Waals surface area contributed by atoms with E-state index in [1.165, 1.54) is 12.1 Å². The highest BCUT2D eigenvalue weighted by Gasteiger charge is 2.17.